The number of rotatable bonds is 7. The van der Waals surface area contributed by atoms with Gasteiger partial charge in [-0.25, -0.2) is 8.42 Å². The summed E-state index contributed by atoms with van der Waals surface area (Å²) in [7, 11) is -2.16. The van der Waals surface area contributed by atoms with Crippen LogP contribution in [0.3, 0.4) is 0 Å². The van der Waals surface area contributed by atoms with Gasteiger partial charge in [0.15, 0.2) is 5.76 Å². The Kier molecular flexibility index (Phi) is 5.97. The summed E-state index contributed by atoms with van der Waals surface area (Å²) < 4.78 is 35.8. The van der Waals surface area contributed by atoms with E-state index < -0.39 is 15.9 Å². The monoisotopic (exact) mass is 386 g/mol. The molecule has 0 radical (unpaired) electrons. The van der Waals surface area contributed by atoms with Crippen molar-refractivity contribution in [2.75, 3.05) is 30.8 Å². The molecular formula is C16H19ClN2O5S. The number of benzene rings is 1. The van der Waals surface area contributed by atoms with Crippen LogP contribution in [0.5, 0.6) is 5.75 Å². The highest BCUT2D eigenvalue weighted by atomic mass is 35.5. The molecule has 0 spiro atoms. The van der Waals surface area contributed by atoms with Crippen molar-refractivity contribution >= 4 is 33.2 Å². The molecule has 0 saturated heterocycles. The van der Waals surface area contributed by atoms with Gasteiger partial charge < -0.3 is 14.5 Å². The lowest BCUT2D eigenvalue weighted by Crippen LogP contribution is -2.38. The second-order valence-corrected chi connectivity index (χ2v) is 7.66. The van der Waals surface area contributed by atoms with Crippen LogP contribution >= 0.6 is 11.6 Å². The molecule has 0 atom stereocenters. The summed E-state index contributed by atoms with van der Waals surface area (Å²) in [6.07, 6.45) is 2.48. The van der Waals surface area contributed by atoms with Crippen LogP contribution < -0.4 is 14.4 Å². The maximum absolute atomic E-state index is 12.2. The minimum Gasteiger partial charge on any atom is -0.494 e. The maximum Gasteiger partial charge on any atom is 0.287 e. The number of aryl methyl sites for hydroxylation is 1. The summed E-state index contributed by atoms with van der Waals surface area (Å²) in [4.78, 5) is 11.9. The quantitative estimate of drug-likeness (QED) is 0.789. The number of carbonyl (C=O) groups excluding carboxylic acids is 1. The van der Waals surface area contributed by atoms with Gasteiger partial charge in [-0.3, -0.25) is 9.10 Å². The largest absolute Gasteiger partial charge is 0.494 e. The Labute approximate surface area is 151 Å². The highest BCUT2D eigenvalue weighted by Gasteiger charge is 2.22. The van der Waals surface area contributed by atoms with E-state index in [1.54, 1.807) is 25.1 Å². The molecule has 0 bridgehead atoms. The van der Waals surface area contributed by atoms with E-state index in [9.17, 15) is 13.2 Å². The van der Waals surface area contributed by atoms with Gasteiger partial charge in [0.25, 0.3) is 5.91 Å². The SMILES string of the molecule is COc1cc(Cl)c(C)cc1N(CCNC(=O)c1ccco1)S(C)(=O)=O. The maximum atomic E-state index is 12.2. The second kappa shape index (κ2) is 7.79. The Bertz CT molecular complexity index is 850. The highest BCUT2D eigenvalue weighted by molar-refractivity contribution is 7.92. The van der Waals surface area contributed by atoms with Gasteiger partial charge in [-0.05, 0) is 30.7 Å². The lowest BCUT2D eigenvalue weighted by molar-refractivity contribution is 0.0927. The molecule has 136 valence electrons. The normalized spacial score (nSPS) is 11.2. The third kappa shape index (κ3) is 4.67. The number of anilines is 1. The summed E-state index contributed by atoms with van der Waals surface area (Å²) in [5, 5.41) is 3.09. The average molecular weight is 387 g/mol. The van der Waals surface area contributed by atoms with Crippen LogP contribution in [-0.2, 0) is 10.0 Å². The molecule has 0 saturated carbocycles. The van der Waals surface area contributed by atoms with Crippen LogP contribution in [0, 0.1) is 6.92 Å². The van der Waals surface area contributed by atoms with Crippen molar-refractivity contribution in [1.29, 1.82) is 0 Å². The zero-order chi connectivity index (χ0) is 18.6. The van der Waals surface area contributed by atoms with Gasteiger partial charge in [0.05, 0.1) is 31.9 Å². The summed E-state index contributed by atoms with van der Waals surface area (Å²) in [6, 6.07) is 6.32. The standard InChI is InChI=1S/C16H19ClN2O5S/c1-11-9-13(15(23-2)10-12(11)17)19(25(3,21)22)7-6-18-16(20)14-5-4-8-24-14/h4-5,8-10H,6-7H2,1-3H3,(H,18,20). The van der Waals surface area contributed by atoms with Gasteiger partial charge in [-0.1, -0.05) is 11.6 Å². The molecular weight excluding hydrogens is 368 g/mol. The topological polar surface area (TPSA) is 88.8 Å². The van der Waals surface area contributed by atoms with Crippen molar-refractivity contribution in [1.82, 2.24) is 5.32 Å². The van der Waals surface area contributed by atoms with Crippen molar-refractivity contribution in [3.8, 4) is 5.75 Å². The molecule has 0 fully saturated rings. The Morgan fingerprint density at radius 1 is 1.40 bits per heavy atom. The predicted molar refractivity (Wildman–Crippen MR) is 96.0 cm³/mol. The lowest BCUT2D eigenvalue weighted by Gasteiger charge is -2.25. The summed E-state index contributed by atoms with van der Waals surface area (Å²) in [5.74, 6) is 0.0712. The van der Waals surface area contributed by atoms with Crippen LogP contribution in [0.2, 0.25) is 5.02 Å². The number of methoxy groups -OCH3 is 1. The minimum atomic E-state index is -3.60. The van der Waals surface area contributed by atoms with E-state index in [4.69, 9.17) is 20.8 Å². The van der Waals surface area contributed by atoms with Crippen molar-refractivity contribution in [3.05, 3.63) is 46.9 Å². The van der Waals surface area contributed by atoms with Crippen molar-refractivity contribution in [3.63, 3.8) is 0 Å². The van der Waals surface area contributed by atoms with Crippen molar-refractivity contribution < 1.29 is 22.4 Å². The number of sulfonamides is 1. The van der Waals surface area contributed by atoms with Gasteiger partial charge in [0.2, 0.25) is 10.0 Å². The molecule has 2 aromatic rings. The lowest BCUT2D eigenvalue weighted by atomic mass is 10.2. The zero-order valence-electron chi connectivity index (χ0n) is 14.1. The van der Waals surface area contributed by atoms with Crippen molar-refractivity contribution in [2.45, 2.75) is 6.92 Å². The van der Waals surface area contributed by atoms with E-state index in [1.807, 2.05) is 0 Å². The Morgan fingerprint density at radius 3 is 2.68 bits per heavy atom. The molecule has 1 aromatic heterocycles. The van der Waals surface area contributed by atoms with E-state index in [0.717, 1.165) is 10.6 Å². The summed E-state index contributed by atoms with van der Waals surface area (Å²) in [6.45, 7) is 1.89. The van der Waals surface area contributed by atoms with Crippen LogP contribution in [0.15, 0.2) is 34.9 Å². The predicted octanol–water partition coefficient (Wildman–Crippen LogP) is 2.45. The number of nitrogens with one attached hydrogen (secondary N) is 1. The smallest absolute Gasteiger partial charge is 0.287 e. The molecule has 0 aliphatic heterocycles. The minimum absolute atomic E-state index is 0.0305. The summed E-state index contributed by atoms with van der Waals surface area (Å²) in [5.41, 5.74) is 1.07. The number of hydrogen-bond donors (Lipinski definition) is 1. The number of carbonyl (C=O) groups is 1. The first-order valence-corrected chi connectivity index (χ1v) is 9.60. The van der Waals surface area contributed by atoms with Crippen LogP contribution in [0.1, 0.15) is 16.1 Å². The molecule has 1 heterocycles. The molecule has 7 nitrogen and oxygen atoms in total. The fourth-order valence-electron chi connectivity index (χ4n) is 2.24. The molecule has 1 N–H and O–H groups in total. The zero-order valence-corrected chi connectivity index (χ0v) is 15.6. The first-order chi connectivity index (χ1) is 11.7. The number of halogens is 1. The van der Waals surface area contributed by atoms with E-state index in [-0.39, 0.29) is 18.8 Å². The Hall–Kier alpha value is -2.19. The summed E-state index contributed by atoms with van der Waals surface area (Å²) >= 11 is 6.07. The molecule has 25 heavy (non-hydrogen) atoms. The molecule has 0 aliphatic rings. The van der Waals surface area contributed by atoms with Gasteiger partial charge in [0.1, 0.15) is 5.75 Å². The highest BCUT2D eigenvalue weighted by Crippen LogP contribution is 2.34. The van der Waals surface area contributed by atoms with E-state index in [1.165, 1.54) is 19.4 Å². The molecule has 0 unspecified atom stereocenters. The first-order valence-electron chi connectivity index (χ1n) is 7.37. The van der Waals surface area contributed by atoms with Crippen LogP contribution in [0.4, 0.5) is 5.69 Å². The van der Waals surface area contributed by atoms with Gasteiger partial charge in [0, 0.05) is 17.6 Å². The molecule has 2 rings (SSSR count). The number of amides is 1. The third-order valence-corrected chi connectivity index (χ3v) is 5.06. The molecule has 1 aromatic carbocycles. The number of hydrogen-bond acceptors (Lipinski definition) is 5. The Morgan fingerprint density at radius 2 is 2.12 bits per heavy atom. The molecule has 1 amide bonds. The van der Waals surface area contributed by atoms with Crippen LogP contribution in [-0.4, -0.2) is 40.8 Å². The third-order valence-electron chi connectivity index (χ3n) is 3.47. The van der Waals surface area contributed by atoms with Gasteiger partial charge >= 0.3 is 0 Å². The average Bonchev–Trinajstić information content (AvgIpc) is 3.07. The fourth-order valence-corrected chi connectivity index (χ4v) is 3.31. The fraction of sp³-hybridized carbons (Fsp3) is 0.312. The number of furan rings is 1. The van der Waals surface area contributed by atoms with E-state index in [0.29, 0.717) is 22.0 Å². The number of nitrogens with zero attached hydrogens (tertiary/aromatic N) is 1. The van der Waals surface area contributed by atoms with E-state index in [2.05, 4.69) is 5.32 Å². The van der Waals surface area contributed by atoms with E-state index >= 15 is 0 Å². The van der Waals surface area contributed by atoms with Crippen LogP contribution in [0.25, 0.3) is 0 Å². The Balaban J connectivity index is 2.20. The molecule has 0 aliphatic carbocycles. The van der Waals surface area contributed by atoms with Gasteiger partial charge in [-0.15, -0.1) is 0 Å². The number of ether oxygens (including phenoxy) is 1. The first kappa shape index (κ1) is 19.1. The van der Waals surface area contributed by atoms with Gasteiger partial charge in [-0.2, -0.15) is 0 Å². The van der Waals surface area contributed by atoms with Crippen molar-refractivity contribution in [2.24, 2.45) is 0 Å². The molecule has 9 heteroatoms. The second-order valence-electron chi connectivity index (χ2n) is 5.34.